The summed E-state index contributed by atoms with van der Waals surface area (Å²) >= 11 is 0. The predicted octanol–water partition coefficient (Wildman–Crippen LogP) is 5.27. The van der Waals surface area contributed by atoms with Gasteiger partial charge >= 0.3 is 0 Å². The quantitative estimate of drug-likeness (QED) is 0.670. The van der Waals surface area contributed by atoms with E-state index in [1.54, 1.807) is 19.2 Å². The molecule has 1 aromatic heterocycles. The van der Waals surface area contributed by atoms with Crippen molar-refractivity contribution in [3.05, 3.63) is 70.8 Å². The molecule has 0 bridgehead atoms. The summed E-state index contributed by atoms with van der Waals surface area (Å²) in [6.07, 6.45) is 10.1. The third-order valence-electron chi connectivity index (χ3n) is 8.67. The zero-order valence-corrected chi connectivity index (χ0v) is 19.6. The minimum absolute atomic E-state index is 0.0606. The summed E-state index contributed by atoms with van der Waals surface area (Å²) in [5, 5.41) is 12.6. The first-order valence-corrected chi connectivity index (χ1v) is 12.2. The molecule has 3 aliphatic carbocycles. The van der Waals surface area contributed by atoms with Crippen molar-refractivity contribution >= 4 is 11.5 Å². The van der Waals surface area contributed by atoms with Crippen LogP contribution in [0.15, 0.2) is 42.7 Å². The van der Waals surface area contributed by atoms with Gasteiger partial charge in [0.25, 0.3) is 5.91 Å². The third-order valence-corrected chi connectivity index (χ3v) is 8.67. The monoisotopic (exact) mass is 448 g/mol. The topological polar surface area (TPSA) is 62.2 Å². The molecule has 6 atom stereocenters. The van der Waals surface area contributed by atoms with Gasteiger partial charge < -0.3 is 10.4 Å². The van der Waals surface area contributed by atoms with E-state index in [0.29, 0.717) is 23.3 Å². The zero-order chi connectivity index (χ0) is 23.3. The van der Waals surface area contributed by atoms with Gasteiger partial charge in [0, 0.05) is 11.8 Å². The zero-order valence-electron chi connectivity index (χ0n) is 19.6. The van der Waals surface area contributed by atoms with Crippen LogP contribution in [0.4, 0.5) is 4.39 Å². The Hall–Kier alpha value is -2.53. The van der Waals surface area contributed by atoms with Gasteiger partial charge in [-0.2, -0.15) is 0 Å². The maximum absolute atomic E-state index is 13.9. The first kappa shape index (κ1) is 22.3. The maximum atomic E-state index is 13.9. The van der Waals surface area contributed by atoms with Gasteiger partial charge in [-0.15, -0.1) is 0 Å². The number of rotatable bonds is 4. The average Bonchev–Trinajstić information content (AvgIpc) is 3.15. The Bertz CT molecular complexity index is 1110. The number of nitrogens with one attached hydrogen (secondary N) is 1. The van der Waals surface area contributed by atoms with Gasteiger partial charge in [0.05, 0.1) is 18.3 Å². The van der Waals surface area contributed by atoms with Crippen molar-refractivity contribution in [2.75, 3.05) is 0 Å². The Balaban J connectivity index is 1.37. The summed E-state index contributed by atoms with van der Waals surface area (Å²) in [7, 11) is 0. The van der Waals surface area contributed by atoms with Crippen LogP contribution < -0.4 is 5.32 Å². The van der Waals surface area contributed by atoms with Crippen molar-refractivity contribution < 1.29 is 14.3 Å². The lowest BCUT2D eigenvalue weighted by Crippen LogP contribution is -2.41. The summed E-state index contributed by atoms with van der Waals surface area (Å²) in [6, 6.07) is 7.50. The number of carbonyl (C=O) groups is 1. The Morgan fingerprint density at radius 3 is 2.82 bits per heavy atom. The Labute approximate surface area is 195 Å². The van der Waals surface area contributed by atoms with E-state index >= 15 is 0 Å². The molecule has 174 valence electrons. The second-order valence-corrected chi connectivity index (χ2v) is 10.5. The van der Waals surface area contributed by atoms with Crippen LogP contribution in [0.5, 0.6) is 0 Å². The van der Waals surface area contributed by atoms with Crippen molar-refractivity contribution in [3.63, 3.8) is 0 Å². The molecule has 0 aliphatic heterocycles. The van der Waals surface area contributed by atoms with Crippen LogP contribution in [0.2, 0.25) is 0 Å². The smallest absolute Gasteiger partial charge is 0.251 e. The second-order valence-electron chi connectivity index (χ2n) is 10.5. The molecule has 3 aliphatic rings. The lowest BCUT2D eigenvalue weighted by Gasteiger charge is -2.50. The number of aromatic nitrogens is 1. The first-order chi connectivity index (χ1) is 15.8. The highest BCUT2D eigenvalue weighted by Gasteiger charge is 2.52. The number of aliphatic hydroxyl groups excluding tert-OH is 1. The SMILES string of the molecule is C[C@@H](O)[C@@H](C)NC(=O)c1ccc2c(c1)CC[C@@H]1[C@@H]2CC[C@]2(C)C(c3cncc(F)c3)=CC[C@@H]12. The van der Waals surface area contributed by atoms with Crippen molar-refractivity contribution in [2.45, 2.75) is 70.9 Å². The van der Waals surface area contributed by atoms with Crippen LogP contribution >= 0.6 is 0 Å². The maximum Gasteiger partial charge on any atom is 0.251 e. The minimum Gasteiger partial charge on any atom is -0.391 e. The Morgan fingerprint density at radius 1 is 1.24 bits per heavy atom. The van der Waals surface area contributed by atoms with Crippen molar-refractivity contribution in [1.82, 2.24) is 10.3 Å². The van der Waals surface area contributed by atoms with Crippen molar-refractivity contribution in [1.29, 1.82) is 0 Å². The number of fused-ring (bicyclic) bond motifs is 5. The highest BCUT2D eigenvalue weighted by atomic mass is 19.1. The lowest BCUT2D eigenvalue weighted by atomic mass is 9.54. The largest absolute Gasteiger partial charge is 0.391 e. The van der Waals surface area contributed by atoms with E-state index < -0.39 is 6.10 Å². The predicted molar refractivity (Wildman–Crippen MR) is 127 cm³/mol. The number of nitrogens with zero attached hydrogens (tertiary/aromatic N) is 1. The normalized spacial score (nSPS) is 29.8. The van der Waals surface area contributed by atoms with Crippen LogP contribution in [0.3, 0.4) is 0 Å². The molecule has 5 rings (SSSR count). The highest BCUT2D eigenvalue weighted by molar-refractivity contribution is 5.94. The summed E-state index contributed by atoms with van der Waals surface area (Å²) in [6.45, 7) is 5.86. The Kier molecular flexibility index (Phi) is 5.64. The minimum atomic E-state index is -0.586. The number of pyridine rings is 1. The fourth-order valence-electron chi connectivity index (χ4n) is 6.71. The number of aliphatic hydroxyl groups is 1. The first-order valence-electron chi connectivity index (χ1n) is 12.2. The molecule has 1 heterocycles. The van der Waals surface area contributed by atoms with Gasteiger partial charge in [-0.3, -0.25) is 9.78 Å². The molecule has 0 spiro atoms. The molecular weight excluding hydrogens is 415 g/mol. The van der Waals surface area contributed by atoms with Crippen molar-refractivity contribution in [3.8, 4) is 0 Å². The number of halogens is 1. The molecule has 33 heavy (non-hydrogen) atoms. The molecule has 0 radical (unpaired) electrons. The number of aryl methyl sites for hydroxylation is 1. The van der Waals surface area contributed by atoms with Gasteiger partial charge in [-0.25, -0.2) is 4.39 Å². The van der Waals surface area contributed by atoms with Crippen LogP contribution in [0.25, 0.3) is 5.57 Å². The molecular formula is C28H33FN2O2. The fourth-order valence-corrected chi connectivity index (χ4v) is 6.71. The number of benzene rings is 1. The van der Waals surface area contributed by atoms with Gasteiger partial charge in [0.1, 0.15) is 5.82 Å². The number of carbonyl (C=O) groups excluding carboxylic acids is 1. The summed E-state index contributed by atoms with van der Waals surface area (Å²) < 4.78 is 13.9. The van der Waals surface area contributed by atoms with Crippen LogP contribution in [-0.4, -0.2) is 28.1 Å². The molecule has 2 aromatic rings. The molecule has 1 fully saturated rings. The molecule has 1 aromatic carbocycles. The number of amides is 1. The van der Waals surface area contributed by atoms with E-state index in [1.165, 1.54) is 22.9 Å². The fraction of sp³-hybridized carbons (Fsp3) is 0.500. The van der Waals surface area contributed by atoms with Crippen molar-refractivity contribution in [2.24, 2.45) is 17.3 Å². The molecule has 1 saturated carbocycles. The molecule has 2 N–H and O–H groups in total. The number of hydrogen-bond donors (Lipinski definition) is 2. The Morgan fingerprint density at radius 2 is 2.06 bits per heavy atom. The van der Waals surface area contributed by atoms with E-state index in [9.17, 15) is 14.3 Å². The van der Waals surface area contributed by atoms with Crippen LogP contribution in [0.1, 0.15) is 79.4 Å². The van der Waals surface area contributed by atoms with E-state index in [-0.39, 0.29) is 23.2 Å². The summed E-state index contributed by atoms with van der Waals surface area (Å²) in [5.41, 5.74) is 5.61. The molecule has 0 saturated heterocycles. The van der Waals surface area contributed by atoms with E-state index in [1.807, 2.05) is 13.0 Å². The third kappa shape index (κ3) is 3.80. The number of hydrogen-bond acceptors (Lipinski definition) is 3. The summed E-state index contributed by atoms with van der Waals surface area (Å²) in [4.78, 5) is 16.7. The van der Waals surface area contributed by atoms with Crippen LogP contribution in [-0.2, 0) is 6.42 Å². The molecule has 4 nitrogen and oxygen atoms in total. The summed E-state index contributed by atoms with van der Waals surface area (Å²) in [5.74, 6) is 1.26. The van der Waals surface area contributed by atoms with E-state index in [0.717, 1.165) is 37.7 Å². The standard InChI is InChI=1S/C28H33FN2O2/c1-16(17(2)32)31-27(33)19-5-6-22-18(12-19)4-7-24-23(22)10-11-28(3)25(8-9-26(24)28)20-13-21(29)15-30-14-20/h5-6,8,12-17,23-24,26,32H,4,7,9-11H2,1-3H3,(H,31,33)/t16-,17-,23-,24-,26+,28-/m1/s1. The molecule has 1 amide bonds. The van der Waals surface area contributed by atoms with Gasteiger partial charge in [0.15, 0.2) is 0 Å². The second kappa shape index (κ2) is 8.35. The van der Waals surface area contributed by atoms with E-state index in [2.05, 4.69) is 35.4 Å². The lowest BCUT2D eigenvalue weighted by molar-refractivity contribution is 0.0867. The average molecular weight is 449 g/mol. The van der Waals surface area contributed by atoms with E-state index in [4.69, 9.17) is 0 Å². The highest BCUT2D eigenvalue weighted by Crippen LogP contribution is 2.63. The van der Waals surface area contributed by atoms with Gasteiger partial charge in [-0.05, 0) is 110 Å². The van der Waals surface area contributed by atoms with Gasteiger partial charge in [0.2, 0.25) is 0 Å². The number of allylic oxidation sites excluding steroid dienone is 2. The van der Waals surface area contributed by atoms with Gasteiger partial charge in [-0.1, -0.05) is 19.1 Å². The molecule has 0 unspecified atom stereocenters. The molecule has 5 heteroatoms. The van der Waals surface area contributed by atoms with Crippen LogP contribution in [0, 0.1) is 23.1 Å².